The molecule has 0 spiro atoms. The van der Waals surface area contributed by atoms with Crippen LogP contribution in [0.2, 0.25) is 0 Å². The van der Waals surface area contributed by atoms with Crippen LogP contribution in [-0.4, -0.2) is 40.3 Å². The van der Waals surface area contributed by atoms with Gasteiger partial charge >= 0.3 is 5.97 Å². The second-order valence-corrected chi connectivity index (χ2v) is 7.19. The van der Waals surface area contributed by atoms with Gasteiger partial charge in [0.25, 0.3) is 0 Å². The zero-order chi connectivity index (χ0) is 16.4. The first-order valence-electron chi connectivity index (χ1n) is 7.45. The third-order valence-electron chi connectivity index (χ3n) is 4.99. The molecule has 0 aromatic carbocycles. The molecule has 6 heteroatoms. The summed E-state index contributed by atoms with van der Waals surface area (Å²) in [6.07, 6.45) is 1.11. The van der Waals surface area contributed by atoms with Crippen molar-refractivity contribution < 1.29 is 19.8 Å². The Balaban J connectivity index is 2.65. The first-order chi connectivity index (χ1) is 9.47. The Kier molecular flexibility index (Phi) is 5.39. The van der Waals surface area contributed by atoms with Crippen molar-refractivity contribution in [2.45, 2.75) is 58.6 Å². The number of hydrogen-bond acceptors (Lipinski definition) is 4. The highest BCUT2D eigenvalue weighted by atomic mass is 16.4. The lowest BCUT2D eigenvalue weighted by Gasteiger charge is -2.46. The Morgan fingerprint density at radius 1 is 1.38 bits per heavy atom. The highest BCUT2D eigenvalue weighted by Gasteiger charge is 2.45. The SMILES string of the molecule is CC1C(N)CCC(C(=O)NCC(C)(O)CC(=O)O)C1(C)C. The van der Waals surface area contributed by atoms with Crippen molar-refractivity contribution in [2.75, 3.05) is 6.54 Å². The van der Waals surface area contributed by atoms with Gasteiger partial charge in [0, 0.05) is 18.5 Å². The number of carboxylic acids is 1. The minimum absolute atomic E-state index is 0.0643. The highest BCUT2D eigenvalue weighted by Crippen LogP contribution is 2.44. The standard InChI is InChI=1S/C15H28N2O4/c1-9-11(16)6-5-10(14(9,2)3)13(20)17-8-15(4,21)7-12(18)19/h9-11,21H,5-8,16H2,1-4H3,(H,17,20)(H,18,19). The molecule has 6 nitrogen and oxygen atoms in total. The monoisotopic (exact) mass is 300 g/mol. The molecular weight excluding hydrogens is 272 g/mol. The number of carboxylic acid groups (broad SMARTS) is 1. The van der Waals surface area contributed by atoms with Gasteiger partial charge in [0.15, 0.2) is 0 Å². The molecule has 1 rings (SSSR count). The van der Waals surface area contributed by atoms with Crippen molar-refractivity contribution >= 4 is 11.9 Å². The van der Waals surface area contributed by atoms with E-state index in [1.165, 1.54) is 6.92 Å². The first-order valence-corrected chi connectivity index (χ1v) is 7.45. The van der Waals surface area contributed by atoms with E-state index in [1.807, 2.05) is 13.8 Å². The summed E-state index contributed by atoms with van der Waals surface area (Å²) in [5, 5.41) is 21.4. The molecule has 5 N–H and O–H groups in total. The Morgan fingerprint density at radius 3 is 2.48 bits per heavy atom. The molecule has 1 saturated carbocycles. The number of rotatable bonds is 5. The van der Waals surface area contributed by atoms with Crippen molar-refractivity contribution in [1.82, 2.24) is 5.32 Å². The fourth-order valence-electron chi connectivity index (χ4n) is 3.11. The van der Waals surface area contributed by atoms with Crippen molar-refractivity contribution in [3.05, 3.63) is 0 Å². The Bertz CT molecular complexity index is 406. The number of nitrogens with two attached hydrogens (primary N) is 1. The lowest BCUT2D eigenvalue weighted by Crippen LogP contribution is -2.53. The average molecular weight is 300 g/mol. The van der Waals surface area contributed by atoms with E-state index in [0.29, 0.717) is 6.42 Å². The van der Waals surface area contributed by atoms with Crippen LogP contribution >= 0.6 is 0 Å². The normalized spacial score (nSPS) is 31.2. The second-order valence-electron chi connectivity index (χ2n) is 7.19. The Morgan fingerprint density at radius 2 is 1.95 bits per heavy atom. The van der Waals surface area contributed by atoms with E-state index in [-0.39, 0.29) is 35.7 Å². The zero-order valence-electron chi connectivity index (χ0n) is 13.3. The van der Waals surface area contributed by atoms with E-state index < -0.39 is 18.0 Å². The van der Waals surface area contributed by atoms with Gasteiger partial charge in [-0.25, -0.2) is 0 Å². The maximum Gasteiger partial charge on any atom is 0.306 e. The molecule has 1 aliphatic carbocycles. The maximum absolute atomic E-state index is 12.4. The smallest absolute Gasteiger partial charge is 0.306 e. The molecule has 0 aromatic heterocycles. The van der Waals surface area contributed by atoms with Crippen LogP contribution in [0.5, 0.6) is 0 Å². The summed E-state index contributed by atoms with van der Waals surface area (Å²) in [5.41, 5.74) is 4.41. The van der Waals surface area contributed by atoms with Gasteiger partial charge in [-0.15, -0.1) is 0 Å². The van der Waals surface area contributed by atoms with Crippen LogP contribution in [0.25, 0.3) is 0 Å². The van der Waals surface area contributed by atoms with Crippen molar-refractivity contribution in [1.29, 1.82) is 0 Å². The van der Waals surface area contributed by atoms with E-state index in [9.17, 15) is 14.7 Å². The molecule has 0 radical (unpaired) electrons. The van der Waals surface area contributed by atoms with Gasteiger partial charge in [-0.05, 0) is 31.1 Å². The van der Waals surface area contributed by atoms with Gasteiger partial charge in [0.2, 0.25) is 5.91 Å². The summed E-state index contributed by atoms with van der Waals surface area (Å²) >= 11 is 0. The summed E-state index contributed by atoms with van der Waals surface area (Å²) in [5.74, 6) is -1.18. The van der Waals surface area contributed by atoms with E-state index in [4.69, 9.17) is 10.8 Å². The molecule has 1 fully saturated rings. The molecular formula is C15H28N2O4. The van der Waals surface area contributed by atoms with Gasteiger partial charge in [-0.1, -0.05) is 20.8 Å². The lowest BCUT2D eigenvalue weighted by atomic mass is 9.61. The number of carbonyl (C=O) groups excluding carboxylic acids is 1. The molecule has 0 aromatic rings. The van der Waals surface area contributed by atoms with Crippen molar-refractivity contribution in [2.24, 2.45) is 23.0 Å². The Labute approximate surface area is 126 Å². The molecule has 0 bridgehead atoms. The number of nitrogens with one attached hydrogen (secondary N) is 1. The fraction of sp³-hybridized carbons (Fsp3) is 0.867. The van der Waals surface area contributed by atoms with Crippen LogP contribution in [0, 0.1) is 17.3 Å². The minimum atomic E-state index is -1.44. The van der Waals surface area contributed by atoms with Gasteiger partial charge in [0.1, 0.15) is 0 Å². The summed E-state index contributed by atoms with van der Waals surface area (Å²) in [6, 6.07) is 0.0965. The quantitative estimate of drug-likeness (QED) is 0.598. The van der Waals surface area contributed by atoms with Crippen LogP contribution in [0.15, 0.2) is 0 Å². The van der Waals surface area contributed by atoms with Gasteiger partial charge in [-0.3, -0.25) is 9.59 Å². The summed E-state index contributed by atoms with van der Waals surface area (Å²) in [7, 11) is 0. The molecule has 1 aliphatic rings. The summed E-state index contributed by atoms with van der Waals surface area (Å²) < 4.78 is 0. The fourth-order valence-corrected chi connectivity index (χ4v) is 3.11. The number of aliphatic carboxylic acids is 1. The predicted octanol–water partition coefficient (Wildman–Crippen LogP) is 0.728. The first kappa shape index (κ1) is 17.9. The Hall–Kier alpha value is -1.14. The van der Waals surface area contributed by atoms with Crippen molar-refractivity contribution in [3.63, 3.8) is 0 Å². The van der Waals surface area contributed by atoms with Crippen LogP contribution in [0.4, 0.5) is 0 Å². The zero-order valence-corrected chi connectivity index (χ0v) is 13.3. The number of amides is 1. The van der Waals surface area contributed by atoms with E-state index in [2.05, 4.69) is 12.2 Å². The molecule has 0 heterocycles. The third-order valence-corrected chi connectivity index (χ3v) is 4.99. The second kappa shape index (κ2) is 6.32. The van der Waals surface area contributed by atoms with Gasteiger partial charge in [-0.2, -0.15) is 0 Å². The van der Waals surface area contributed by atoms with E-state index in [0.717, 1.165) is 6.42 Å². The van der Waals surface area contributed by atoms with Crippen LogP contribution in [-0.2, 0) is 9.59 Å². The van der Waals surface area contributed by atoms with Crippen LogP contribution in [0.1, 0.15) is 47.0 Å². The number of hydrogen-bond donors (Lipinski definition) is 4. The van der Waals surface area contributed by atoms with Crippen molar-refractivity contribution in [3.8, 4) is 0 Å². The van der Waals surface area contributed by atoms with Gasteiger partial charge in [0.05, 0.1) is 12.0 Å². The largest absolute Gasteiger partial charge is 0.481 e. The molecule has 0 saturated heterocycles. The highest BCUT2D eigenvalue weighted by molar-refractivity contribution is 5.80. The van der Waals surface area contributed by atoms with Crippen LogP contribution < -0.4 is 11.1 Å². The minimum Gasteiger partial charge on any atom is -0.481 e. The molecule has 4 unspecified atom stereocenters. The van der Waals surface area contributed by atoms with E-state index in [1.54, 1.807) is 0 Å². The average Bonchev–Trinajstić information content (AvgIpc) is 2.32. The topological polar surface area (TPSA) is 113 Å². The summed E-state index contributed by atoms with van der Waals surface area (Å²) in [6.45, 7) is 7.48. The molecule has 0 aliphatic heterocycles. The summed E-state index contributed by atoms with van der Waals surface area (Å²) in [4.78, 5) is 23.0. The molecule has 1 amide bonds. The predicted molar refractivity (Wildman–Crippen MR) is 79.5 cm³/mol. The van der Waals surface area contributed by atoms with Crippen LogP contribution in [0.3, 0.4) is 0 Å². The molecule has 4 atom stereocenters. The van der Waals surface area contributed by atoms with E-state index >= 15 is 0 Å². The molecule has 21 heavy (non-hydrogen) atoms. The van der Waals surface area contributed by atoms with Gasteiger partial charge < -0.3 is 21.3 Å². The number of carbonyl (C=O) groups is 2. The maximum atomic E-state index is 12.4. The third kappa shape index (κ3) is 4.41. The number of aliphatic hydroxyl groups is 1. The lowest BCUT2D eigenvalue weighted by molar-refractivity contribution is -0.143. The molecule has 122 valence electrons.